The molecule has 0 radical (unpaired) electrons. The van der Waals surface area contributed by atoms with E-state index in [0.29, 0.717) is 0 Å². The summed E-state index contributed by atoms with van der Waals surface area (Å²) in [7, 11) is 0. The molecule has 2 aliphatic carbocycles. The second kappa shape index (κ2) is 3.98. The summed E-state index contributed by atoms with van der Waals surface area (Å²) in [5.41, 5.74) is 0. The third-order valence-electron chi connectivity index (χ3n) is 5.09. The van der Waals surface area contributed by atoms with Crippen LogP contribution < -0.4 is 0 Å². The van der Waals surface area contributed by atoms with Crippen LogP contribution in [0.5, 0.6) is 0 Å². The molecule has 0 aromatic rings. The Morgan fingerprint density at radius 2 is 1.20 bits per heavy atom. The molecule has 1 heterocycles. The van der Waals surface area contributed by atoms with Gasteiger partial charge in [-0.3, -0.25) is 0 Å². The van der Waals surface area contributed by atoms with Crippen molar-refractivity contribution in [2.75, 3.05) is 0 Å². The fourth-order valence-corrected chi connectivity index (χ4v) is 6.28. The van der Waals surface area contributed by atoms with Gasteiger partial charge in [-0.05, 0) is 62.2 Å². The van der Waals surface area contributed by atoms with Gasteiger partial charge in [0, 0.05) is 10.5 Å². The highest BCUT2D eigenvalue weighted by atomic mass is 32.2. The molecule has 0 spiro atoms. The third-order valence-corrected chi connectivity index (χ3v) is 6.96. The molecule has 3 aliphatic rings. The molecule has 1 aliphatic heterocycles. The molecule has 2 saturated carbocycles. The maximum absolute atomic E-state index is 2.47. The molecule has 15 heavy (non-hydrogen) atoms. The molecule has 3 rings (SSSR count). The quantitative estimate of drug-likeness (QED) is 0.590. The average Bonchev–Trinajstić information content (AvgIpc) is 2.56. The second-order valence-corrected chi connectivity index (χ2v) is 7.86. The van der Waals surface area contributed by atoms with Crippen LogP contribution in [0.2, 0.25) is 0 Å². The number of rotatable bonds is 0. The van der Waals surface area contributed by atoms with Gasteiger partial charge in [-0.2, -0.15) is 11.8 Å². The fourth-order valence-electron chi connectivity index (χ4n) is 4.26. The predicted octanol–water partition coefficient (Wildman–Crippen LogP) is 4.34. The van der Waals surface area contributed by atoms with Gasteiger partial charge in [0.1, 0.15) is 0 Å². The largest absolute Gasteiger partial charge is 0.155 e. The van der Waals surface area contributed by atoms with Crippen molar-refractivity contribution in [3.8, 4) is 0 Å². The smallest absolute Gasteiger partial charge is 0.00814 e. The van der Waals surface area contributed by atoms with Gasteiger partial charge in [0.25, 0.3) is 0 Å². The van der Waals surface area contributed by atoms with Crippen molar-refractivity contribution < 1.29 is 0 Å². The van der Waals surface area contributed by atoms with Crippen LogP contribution in [0.3, 0.4) is 0 Å². The van der Waals surface area contributed by atoms with Gasteiger partial charge in [-0.25, -0.2) is 0 Å². The minimum absolute atomic E-state index is 1.02. The number of thioether (sulfide) groups is 1. The van der Waals surface area contributed by atoms with Gasteiger partial charge in [0.05, 0.1) is 0 Å². The molecule has 0 bridgehead atoms. The highest BCUT2D eigenvalue weighted by molar-refractivity contribution is 8.00. The molecule has 1 heteroatoms. The standard InChI is InChI=1S/C14H24S/c1-9-3-5-13-11(7-9)12-8-10(2)4-6-14(12)15-13/h9-14H,3-8H2,1-2H3. The Bertz CT molecular complexity index is 213. The van der Waals surface area contributed by atoms with E-state index in [1.165, 1.54) is 25.7 Å². The highest BCUT2D eigenvalue weighted by Gasteiger charge is 2.47. The first-order chi connectivity index (χ1) is 7.24. The minimum atomic E-state index is 1.02. The SMILES string of the molecule is CC1CCC2SC3CCC(C)CC3C2C1. The van der Waals surface area contributed by atoms with E-state index in [2.05, 4.69) is 25.6 Å². The van der Waals surface area contributed by atoms with Crippen LogP contribution in [0.15, 0.2) is 0 Å². The number of fused-ring (bicyclic) bond motifs is 3. The molecular weight excluding hydrogens is 200 g/mol. The summed E-state index contributed by atoms with van der Waals surface area (Å²) < 4.78 is 0. The van der Waals surface area contributed by atoms with Crippen molar-refractivity contribution in [1.82, 2.24) is 0 Å². The van der Waals surface area contributed by atoms with E-state index < -0.39 is 0 Å². The van der Waals surface area contributed by atoms with E-state index in [-0.39, 0.29) is 0 Å². The first-order valence-electron chi connectivity index (χ1n) is 6.89. The zero-order chi connectivity index (χ0) is 10.4. The van der Waals surface area contributed by atoms with E-state index in [0.717, 1.165) is 34.2 Å². The molecule has 0 aromatic carbocycles. The summed E-state index contributed by atoms with van der Waals surface area (Å²) in [5, 5.41) is 2.11. The van der Waals surface area contributed by atoms with E-state index in [1.54, 1.807) is 12.8 Å². The average molecular weight is 224 g/mol. The monoisotopic (exact) mass is 224 g/mol. The van der Waals surface area contributed by atoms with E-state index in [1.807, 2.05) is 0 Å². The summed E-state index contributed by atoms with van der Waals surface area (Å²) >= 11 is 2.38. The lowest BCUT2D eigenvalue weighted by atomic mass is 9.69. The number of hydrogen-bond donors (Lipinski definition) is 0. The second-order valence-electron chi connectivity index (χ2n) is 6.38. The van der Waals surface area contributed by atoms with Gasteiger partial charge in [-0.15, -0.1) is 0 Å². The molecule has 6 atom stereocenters. The Kier molecular flexibility index (Phi) is 2.79. The van der Waals surface area contributed by atoms with Crippen LogP contribution in [0.25, 0.3) is 0 Å². The topological polar surface area (TPSA) is 0 Å². The maximum atomic E-state index is 2.47. The lowest BCUT2D eigenvalue weighted by molar-refractivity contribution is 0.173. The summed E-state index contributed by atoms with van der Waals surface area (Å²) in [4.78, 5) is 0. The highest BCUT2D eigenvalue weighted by Crippen LogP contribution is 2.56. The maximum Gasteiger partial charge on any atom is 0.00814 e. The minimum Gasteiger partial charge on any atom is -0.155 e. The van der Waals surface area contributed by atoms with Gasteiger partial charge < -0.3 is 0 Å². The molecular formula is C14H24S. The molecule has 0 N–H and O–H groups in total. The van der Waals surface area contributed by atoms with Crippen LogP contribution in [0, 0.1) is 23.7 Å². The first-order valence-corrected chi connectivity index (χ1v) is 7.83. The normalized spacial score (nSPS) is 54.8. The van der Waals surface area contributed by atoms with Crippen molar-refractivity contribution in [1.29, 1.82) is 0 Å². The summed E-state index contributed by atoms with van der Waals surface area (Å²) in [5.74, 6) is 4.24. The van der Waals surface area contributed by atoms with Gasteiger partial charge in [0.2, 0.25) is 0 Å². The Balaban J connectivity index is 1.75. The molecule has 0 amide bonds. The summed E-state index contributed by atoms with van der Waals surface area (Å²) in [6.07, 6.45) is 9.15. The first kappa shape index (κ1) is 10.5. The zero-order valence-electron chi connectivity index (χ0n) is 10.1. The Morgan fingerprint density at radius 1 is 0.733 bits per heavy atom. The van der Waals surface area contributed by atoms with Crippen molar-refractivity contribution in [2.45, 2.75) is 62.9 Å². The molecule has 86 valence electrons. The van der Waals surface area contributed by atoms with E-state index >= 15 is 0 Å². The molecule has 0 nitrogen and oxygen atoms in total. The summed E-state index contributed by atoms with van der Waals surface area (Å²) in [6, 6.07) is 0. The number of hydrogen-bond acceptors (Lipinski definition) is 1. The van der Waals surface area contributed by atoms with Crippen molar-refractivity contribution in [3.05, 3.63) is 0 Å². The van der Waals surface area contributed by atoms with Crippen molar-refractivity contribution in [3.63, 3.8) is 0 Å². The Hall–Kier alpha value is 0.350. The zero-order valence-corrected chi connectivity index (χ0v) is 10.9. The lowest BCUT2D eigenvalue weighted by Gasteiger charge is -2.36. The van der Waals surface area contributed by atoms with E-state index in [4.69, 9.17) is 0 Å². The van der Waals surface area contributed by atoms with E-state index in [9.17, 15) is 0 Å². The Morgan fingerprint density at radius 3 is 1.67 bits per heavy atom. The molecule has 0 aromatic heterocycles. The molecule has 1 saturated heterocycles. The van der Waals surface area contributed by atoms with Gasteiger partial charge >= 0.3 is 0 Å². The van der Waals surface area contributed by atoms with Crippen LogP contribution >= 0.6 is 11.8 Å². The summed E-state index contributed by atoms with van der Waals surface area (Å²) in [6.45, 7) is 4.95. The molecule has 6 unspecified atom stereocenters. The lowest BCUT2D eigenvalue weighted by Crippen LogP contribution is -2.31. The van der Waals surface area contributed by atoms with Crippen molar-refractivity contribution in [2.24, 2.45) is 23.7 Å². The fraction of sp³-hybridized carbons (Fsp3) is 1.00. The van der Waals surface area contributed by atoms with Gasteiger partial charge in [0.15, 0.2) is 0 Å². The van der Waals surface area contributed by atoms with Crippen molar-refractivity contribution >= 4 is 11.8 Å². The predicted molar refractivity (Wildman–Crippen MR) is 68.2 cm³/mol. The Labute approximate surface area is 98.6 Å². The van der Waals surface area contributed by atoms with Crippen LogP contribution in [-0.4, -0.2) is 10.5 Å². The van der Waals surface area contributed by atoms with Crippen LogP contribution in [-0.2, 0) is 0 Å². The third kappa shape index (κ3) is 1.85. The van der Waals surface area contributed by atoms with Gasteiger partial charge in [-0.1, -0.05) is 13.8 Å². The van der Waals surface area contributed by atoms with Crippen LogP contribution in [0.1, 0.15) is 52.4 Å². The molecule has 3 fully saturated rings. The van der Waals surface area contributed by atoms with Crippen LogP contribution in [0.4, 0.5) is 0 Å².